The van der Waals surface area contributed by atoms with E-state index in [9.17, 15) is 8.78 Å². The van der Waals surface area contributed by atoms with E-state index >= 15 is 0 Å². The normalized spacial score (nSPS) is 12.9. The highest BCUT2D eigenvalue weighted by molar-refractivity contribution is 5.25. The summed E-state index contributed by atoms with van der Waals surface area (Å²) in [5.74, 6) is -0.795. The summed E-state index contributed by atoms with van der Waals surface area (Å²) in [5, 5.41) is 9.01. The van der Waals surface area contributed by atoms with Crippen LogP contribution in [0.25, 0.3) is 0 Å². The third kappa shape index (κ3) is 2.77. The number of rotatable bonds is 3. The Morgan fingerprint density at radius 2 is 1.93 bits per heavy atom. The monoisotopic (exact) mass is 200 g/mol. The van der Waals surface area contributed by atoms with Crippen molar-refractivity contribution in [2.75, 3.05) is 0 Å². The van der Waals surface area contributed by atoms with Crippen molar-refractivity contribution in [1.29, 1.82) is 0 Å². The average molecular weight is 200 g/mol. The predicted molar refractivity (Wildman–Crippen MR) is 51.1 cm³/mol. The van der Waals surface area contributed by atoms with Gasteiger partial charge in [-0.25, -0.2) is 8.78 Å². The molecule has 0 saturated carbocycles. The Labute approximate surface area is 82.4 Å². The van der Waals surface area contributed by atoms with E-state index in [1.54, 1.807) is 6.92 Å². The highest BCUT2D eigenvalue weighted by Gasteiger charge is 2.07. The molecule has 0 fully saturated rings. The van der Waals surface area contributed by atoms with E-state index in [0.717, 1.165) is 0 Å². The number of hydrogen-bond donors (Lipinski definition) is 1. The van der Waals surface area contributed by atoms with Gasteiger partial charge in [-0.1, -0.05) is 0 Å². The smallest absolute Gasteiger partial charge is 0.126 e. The van der Waals surface area contributed by atoms with Crippen molar-refractivity contribution in [1.82, 2.24) is 0 Å². The molecule has 0 aliphatic heterocycles. The van der Waals surface area contributed by atoms with Crippen LogP contribution in [0.15, 0.2) is 12.1 Å². The summed E-state index contributed by atoms with van der Waals surface area (Å²) < 4.78 is 26.3. The quantitative estimate of drug-likeness (QED) is 0.795. The first-order chi connectivity index (χ1) is 6.50. The number of aliphatic hydroxyl groups is 1. The van der Waals surface area contributed by atoms with Gasteiger partial charge in [0.2, 0.25) is 0 Å². The molecule has 1 N–H and O–H groups in total. The Morgan fingerprint density at radius 1 is 1.29 bits per heavy atom. The summed E-state index contributed by atoms with van der Waals surface area (Å²) in [5.41, 5.74) is 0.636. The van der Waals surface area contributed by atoms with Gasteiger partial charge in [0.05, 0.1) is 6.10 Å². The van der Waals surface area contributed by atoms with Crippen LogP contribution < -0.4 is 0 Å². The molecule has 1 unspecified atom stereocenters. The fourth-order valence-corrected chi connectivity index (χ4v) is 1.24. The number of halogens is 2. The molecular weight excluding hydrogens is 186 g/mol. The molecule has 0 amide bonds. The molecule has 14 heavy (non-hydrogen) atoms. The average Bonchev–Trinajstić information content (AvgIpc) is 2.09. The van der Waals surface area contributed by atoms with Crippen molar-refractivity contribution in [2.45, 2.75) is 32.8 Å². The zero-order valence-electron chi connectivity index (χ0n) is 8.35. The molecule has 0 radical (unpaired) electrons. The maximum atomic E-state index is 13.2. The minimum atomic E-state index is -0.487. The molecule has 0 aliphatic carbocycles. The summed E-state index contributed by atoms with van der Waals surface area (Å²) in [6.07, 6.45) is 0.318. The Balaban J connectivity index is 2.82. The third-order valence-electron chi connectivity index (χ3n) is 2.16. The van der Waals surface area contributed by atoms with Gasteiger partial charge in [-0.2, -0.15) is 0 Å². The second-order valence-corrected chi connectivity index (χ2v) is 3.58. The van der Waals surface area contributed by atoms with Crippen LogP contribution in [0, 0.1) is 18.6 Å². The van der Waals surface area contributed by atoms with Crippen LogP contribution >= 0.6 is 0 Å². The van der Waals surface area contributed by atoms with Gasteiger partial charge in [0.1, 0.15) is 11.6 Å². The Bertz CT molecular complexity index is 321. The van der Waals surface area contributed by atoms with Crippen LogP contribution in [-0.4, -0.2) is 11.2 Å². The predicted octanol–water partition coefficient (Wildman–Crippen LogP) is 2.59. The van der Waals surface area contributed by atoms with E-state index in [0.29, 0.717) is 24.0 Å². The molecule has 0 aromatic heterocycles. The lowest BCUT2D eigenvalue weighted by Crippen LogP contribution is -2.03. The Morgan fingerprint density at radius 3 is 2.50 bits per heavy atom. The molecule has 1 aromatic carbocycles. The summed E-state index contributed by atoms with van der Waals surface area (Å²) in [7, 11) is 0. The zero-order valence-corrected chi connectivity index (χ0v) is 8.35. The lowest BCUT2D eigenvalue weighted by atomic mass is 10.0. The second kappa shape index (κ2) is 4.51. The van der Waals surface area contributed by atoms with E-state index < -0.39 is 17.7 Å². The van der Waals surface area contributed by atoms with Crippen molar-refractivity contribution in [3.05, 3.63) is 34.9 Å². The Hall–Kier alpha value is -0.960. The van der Waals surface area contributed by atoms with Crippen molar-refractivity contribution in [3.63, 3.8) is 0 Å². The SMILES string of the molecule is Cc1cc(F)c(CCC(C)O)cc1F. The molecule has 1 atom stereocenters. The third-order valence-corrected chi connectivity index (χ3v) is 2.16. The number of hydrogen-bond acceptors (Lipinski definition) is 1. The summed E-state index contributed by atoms with van der Waals surface area (Å²) in [4.78, 5) is 0. The molecular formula is C11H14F2O. The fraction of sp³-hybridized carbons (Fsp3) is 0.455. The van der Waals surface area contributed by atoms with Gasteiger partial charge in [-0.3, -0.25) is 0 Å². The summed E-state index contributed by atoms with van der Waals surface area (Å²) >= 11 is 0. The van der Waals surface area contributed by atoms with Gasteiger partial charge in [-0.15, -0.1) is 0 Å². The van der Waals surface area contributed by atoms with E-state index in [4.69, 9.17) is 5.11 Å². The largest absolute Gasteiger partial charge is 0.393 e. The summed E-state index contributed by atoms with van der Waals surface area (Å²) in [6.45, 7) is 3.15. The van der Waals surface area contributed by atoms with E-state index in [-0.39, 0.29) is 0 Å². The first-order valence-electron chi connectivity index (χ1n) is 4.63. The van der Waals surface area contributed by atoms with Crippen LogP contribution in [0.1, 0.15) is 24.5 Å². The first kappa shape index (κ1) is 11.1. The first-order valence-corrected chi connectivity index (χ1v) is 4.63. The van der Waals surface area contributed by atoms with Crippen LogP contribution in [0.2, 0.25) is 0 Å². The van der Waals surface area contributed by atoms with Crippen LogP contribution in [-0.2, 0) is 6.42 Å². The van der Waals surface area contributed by atoms with Gasteiger partial charge in [0, 0.05) is 0 Å². The highest BCUT2D eigenvalue weighted by Crippen LogP contribution is 2.16. The van der Waals surface area contributed by atoms with Gasteiger partial charge in [0.25, 0.3) is 0 Å². The second-order valence-electron chi connectivity index (χ2n) is 3.58. The molecule has 0 aliphatic rings. The maximum Gasteiger partial charge on any atom is 0.126 e. The van der Waals surface area contributed by atoms with Crippen LogP contribution in [0.5, 0.6) is 0 Å². The van der Waals surface area contributed by atoms with Gasteiger partial charge >= 0.3 is 0 Å². The van der Waals surface area contributed by atoms with E-state index in [1.807, 2.05) is 0 Å². The zero-order chi connectivity index (χ0) is 10.7. The molecule has 78 valence electrons. The molecule has 3 heteroatoms. The van der Waals surface area contributed by atoms with Crippen LogP contribution in [0.3, 0.4) is 0 Å². The van der Waals surface area contributed by atoms with Crippen LogP contribution in [0.4, 0.5) is 8.78 Å². The minimum absolute atomic E-state index is 0.309. The lowest BCUT2D eigenvalue weighted by Gasteiger charge is -2.06. The maximum absolute atomic E-state index is 13.2. The Kier molecular flexibility index (Phi) is 3.58. The highest BCUT2D eigenvalue weighted by atomic mass is 19.1. The number of aliphatic hydroxyl groups excluding tert-OH is 1. The van der Waals surface area contributed by atoms with Gasteiger partial charge in [-0.05, 0) is 49.9 Å². The van der Waals surface area contributed by atoms with Gasteiger partial charge < -0.3 is 5.11 Å². The van der Waals surface area contributed by atoms with E-state index in [1.165, 1.54) is 19.1 Å². The molecule has 0 heterocycles. The molecule has 1 rings (SSSR count). The topological polar surface area (TPSA) is 20.2 Å². The minimum Gasteiger partial charge on any atom is -0.393 e. The van der Waals surface area contributed by atoms with Crippen molar-refractivity contribution in [3.8, 4) is 0 Å². The molecule has 0 bridgehead atoms. The molecule has 0 saturated heterocycles. The van der Waals surface area contributed by atoms with Crippen molar-refractivity contribution < 1.29 is 13.9 Å². The molecule has 0 spiro atoms. The summed E-state index contributed by atoms with van der Waals surface area (Å²) in [6, 6.07) is 2.39. The van der Waals surface area contributed by atoms with Gasteiger partial charge in [0.15, 0.2) is 0 Å². The van der Waals surface area contributed by atoms with E-state index in [2.05, 4.69) is 0 Å². The number of benzene rings is 1. The molecule has 1 nitrogen and oxygen atoms in total. The molecule has 1 aromatic rings. The van der Waals surface area contributed by atoms with Crippen molar-refractivity contribution >= 4 is 0 Å². The standard InChI is InChI=1S/C11H14F2O/c1-7-5-11(13)9(6-10(7)12)4-3-8(2)14/h5-6,8,14H,3-4H2,1-2H3. The fourth-order valence-electron chi connectivity index (χ4n) is 1.24. The van der Waals surface area contributed by atoms with Crippen molar-refractivity contribution in [2.24, 2.45) is 0 Å². The lowest BCUT2D eigenvalue weighted by molar-refractivity contribution is 0.184. The number of aryl methyl sites for hydroxylation is 2.